The normalized spacial score (nSPS) is 22.4. The van der Waals surface area contributed by atoms with E-state index in [-0.39, 0.29) is 18.1 Å². The highest BCUT2D eigenvalue weighted by Gasteiger charge is 2.31. The Kier molecular flexibility index (Phi) is 4.26. The van der Waals surface area contributed by atoms with Gasteiger partial charge in [-0.25, -0.2) is 14.6 Å². The van der Waals surface area contributed by atoms with Gasteiger partial charge in [0.05, 0.1) is 0 Å². The topological polar surface area (TPSA) is 90.5 Å². The Morgan fingerprint density at radius 2 is 2.00 bits per heavy atom. The molecular formula is C15H22N6O2S. The Hall–Kier alpha value is -1.90. The number of nitrogens with zero attached hydrogens (tertiary/aromatic N) is 4. The van der Waals surface area contributed by atoms with E-state index in [0.29, 0.717) is 24.1 Å². The molecule has 0 bridgehead atoms. The minimum Gasteiger partial charge on any atom is -0.338 e. The molecule has 130 valence electrons. The summed E-state index contributed by atoms with van der Waals surface area (Å²) in [4.78, 5) is 32.4. The van der Waals surface area contributed by atoms with E-state index in [9.17, 15) is 9.59 Å². The molecule has 3 heterocycles. The van der Waals surface area contributed by atoms with E-state index in [0.717, 1.165) is 51.0 Å². The van der Waals surface area contributed by atoms with Gasteiger partial charge < -0.3 is 15.1 Å². The Morgan fingerprint density at radius 1 is 1.21 bits per heavy atom. The van der Waals surface area contributed by atoms with Gasteiger partial charge in [-0.15, -0.1) is 0 Å². The highest BCUT2D eigenvalue weighted by atomic mass is 32.1. The average Bonchev–Trinajstić information content (AvgIpc) is 3.35. The van der Waals surface area contributed by atoms with Crippen LogP contribution in [0.4, 0.5) is 14.7 Å². The monoisotopic (exact) mass is 350 g/mol. The third-order valence-corrected chi connectivity index (χ3v) is 5.55. The Morgan fingerprint density at radius 3 is 2.71 bits per heavy atom. The van der Waals surface area contributed by atoms with Gasteiger partial charge in [0.2, 0.25) is 5.13 Å². The first-order chi connectivity index (χ1) is 11.7. The maximum atomic E-state index is 12.4. The quantitative estimate of drug-likeness (QED) is 0.870. The minimum atomic E-state index is -0.116. The predicted molar refractivity (Wildman–Crippen MR) is 90.2 cm³/mol. The molecule has 9 heteroatoms. The number of rotatable bonds is 3. The van der Waals surface area contributed by atoms with Gasteiger partial charge in [-0.3, -0.25) is 5.32 Å². The molecule has 0 unspecified atom stereocenters. The summed E-state index contributed by atoms with van der Waals surface area (Å²) in [6, 6.07) is 0.151. The highest BCUT2D eigenvalue weighted by molar-refractivity contribution is 7.09. The smallest absolute Gasteiger partial charge is 0.323 e. The van der Waals surface area contributed by atoms with E-state index < -0.39 is 0 Å². The molecule has 0 radical (unpaired) electrons. The lowest BCUT2D eigenvalue weighted by atomic mass is 10.0. The highest BCUT2D eigenvalue weighted by Crippen LogP contribution is 2.39. The number of piperidine rings is 1. The summed E-state index contributed by atoms with van der Waals surface area (Å²) in [5.74, 6) is 1.36. The van der Waals surface area contributed by atoms with Crippen LogP contribution < -0.4 is 10.6 Å². The van der Waals surface area contributed by atoms with Crippen molar-refractivity contribution in [3.05, 3.63) is 5.82 Å². The molecule has 2 aliphatic heterocycles. The van der Waals surface area contributed by atoms with Gasteiger partial charge in [0.15, 0.2) is 0 Å². The van der Waals surface area contributed by atoms with Gasteiger partial charge in [0, 0.05) is 49.7 Å². The van der Waals surface area contributed by atoms with Crippen LogP contribution in [0.2, 0.25) is 0 Å². The number of aromatic nitrogens is 2. The summed E-state index contributed by atoms with van der Waals surface area (Å²) in [6.45, 7) is 2.90. The molecule has 1 saturated carbocycles. The summed E-state index contributed by atoms with van der Waals surface area (Å²) >= 11 is 1.25. The largest absolute Gasteiger partial charge is 0.338 e. The van der Waals surface area contributed by atoms with Gasteiger partial charge in [-0.2, -0.15) is 4.37 Å². The average molecular weight is 350 g/mol. The number of hydrogen-bond donors (Lipinski definition) is 2. The first-order valence-electron chi connectivity index (χ1n) is 8.65. The number of nitrogens with one attached hydrogen (secondary N) is 2. The maximum Gasteiger partial charge on any atom is 0.323 e. The maximum absolute atomic E-state index is 12.4. The Balaban J connectivity index is 1.28. The van der Waals surface area contributed by atoms with Crippen molar-refractivity contribution in [2.75, 3.05) is 31.5 Å². The molecule has 0 aromatic carbocycles. The number of anilines is 1. The molecule has 3 fully saturated rings. The molecule has 4 rings (SSSR count). The minimum absolute atomic E-state index is 0.0330. The van der Waals surface area contributed by atoms with E-state index in [1.165, 1.54) is 11.5 Å². The van der Waals surface area contributed by atoms with Crippen LogP contribution in [-0.2, 0) is 0 Å². The summed E-state index contributed by atoms with van der Waals surface area (Å²) < 4.78 is 4.30. The second kappa shape index (κ2) is 6.54. The standard InChI is InChI=1S/C15H22N6O2S/c22-14-16-6-1-7-21(14)11-4-8-20(9-5-11)15(23)18-13-17-12(19-24-13)10-2-3-10/h10-11H,1-9H2,(H,16,22)(H,17,18,19,23). The van der Waals surface area contributed by atoms with E-state index in [2.05, 4.69) is 20.0 Å². The van der Waals surface area contributed by atoms with Crippen LogP contribution in [0.1, 0.15) is 43.8 Å². The third kappa shape index (κ3) is 3.31. The van der Waals surface area contributed by atoms with Crippen molar-refractivity contribution < 1.29 is 9.59 Å². The summed E-state index contributed by atoms with van der Waals surface area (Å²) in [5.41, 5.74) is 0. The zero-order valence-electron chi connectivity index (χ0n) is 13.5. The lowest BCUT2D eigenvalue weighted by molar-refractivity contribution is 0.122. The molecule has 24 heavy (non-hydrogen) atoms. The van der Waals surface area contributed by atoms with Crippen molar-refractivity contribution in [2.24, 2.45) is 0 Å². The van der Waals surface area contributed by atoms with Crippen LogP contribution in [-0.4, -0.2) is 63.4 Å². The van der Waals surface area contributed by atoms with Gasteiger partial charge >= 0.3 is 12.1 Å². The summed E-state index contributed by atoms with van der Waals surface area (Å²) in [7, 11) is 0. The van der Waals surface area contributed by atoms with Crippen LogP contribution >= 0.6 is 11.5 Å². The molecule has 4 amide bonds. The van der Waals surface area contributed by atoms with Crippen molar-refractivity contribution in [3.8, 4) is 0 Å². The second-order valence-corrected chi connectivity index (χ2v) is 7.41. The van der Waals surface area contributed by atoms with Crippen LogP contribution in [0.25, 0.3) is 0 Å². The fourth-order valence-electron chi connectivity index (χ4n) is 3.34. The molecule has 1 aromatic heterocycles. The zero-order valence-corrected chi connectivity index (χ0v) is 14.3. The number of carbonyl (C=O) groups is 2. The Bertz CT molecular complexity index is 623. The van der Waals surface area contributed by atoms with E-state index >= 15 is 0 Å². The molecule has 8 nitrogen and oxygen atoms in total. The first kappa shape index (κ1) is 15.6. The third-order valence-electron chi connectivity index (χ3n) is 4.90. The first-order valence-corrected chi connectivity index (χ1v) is 9.42. The number of amides is 4. The van der Waals surface area contributed by atoms with Crippen LogP contribution in [0.15, 0.2) is 0 Å². The molecule has 0 spiro atoms. The van der Waals surface area contributed by atoms with Crippen LogP contribution in [0, 0.1) is 0 Å². The van der Waals surface area contributed by atoms with Crippen molar-refractivity contribution in [3.63, 3.8) is 0 Å². The summed E-state index contributed by atoms with van der Waals surface area (Å²) in [6.07, 6.45) is 4.95. The van der Waals surface area contributed by atoms with Crippen molar-refractivity contribution in [1.82, 2.24) is 24.5 Å². The molecule has 0 atom stereocenters. The van der Waals surface area contributed by atoms with E-state index in [1.807, 2.05) is 4.90 Å². The molecule has 1 aromatic rings. The van der Waals surface area contributed by atoms with Crippen molar-refractivity contribution in [1.29, 1.82) is 0 Å². The molecule has 2 N–H and O–H groups in total. The fraction of sp³-hybridized carbons (Fsp3) is 0.733. The van der Waals surface area contributed by atoms with E-state index in [4.69, 9.17) is 0 Å². The van der Waals surface area contributed by atoms with Gasteiger partial charge in [-0.1, -0.05) is 0 Å². The molecule has 3 aliphatic rings. The summed E-state index contributed by atoms with van der Waals surface area (Å²) in [5, 5.41) is 6.33. The second-order valence-electron chi connectivity index (χ2n) is 6.66. The molecular weight excluding hydrogens is 328 g/mol. The van der Waals surface area contributed by atoms with Gasteiger partial charge in [-0.05, 0) is 32.1 Å². The molecule has 1 aliphatic carbocycles. The number of hydrogen-bond acceptors (Lipinski definition) is 5. The fourth-order valence-corrected chi connectivity index (χ4v) is 3.98. The predicted octanol–water partition coefficient (Wildman–Crippen LogP) is 1.83. The van der Waals surface area contributed by atoms with Crippen molar-refractivity contribution >= 4 is 28.7 Å². The van der Waals surface area contributed by atoms with E-state index in [1.54, 1.807) is 4.90 Å². The van der Waals surface area contributed by atoms with Gasteiger partial charge in [0.1, 0.15) is 5.82 Å². The lowest BCUT2D eigenvalue weighted by Crippen LogP contribution is -2.55. The SMILES string of the molecule is O=C(Nc1nc(C2CC2)ns1)N1CCC(N2CCCNC2=O)CC1. The van der Waals surface area contributed by atoms with Gasteiger partial charge in [0.25, 0.3) is 0 Å². The lowest BCUT2D eigenvalue weighted by Gasteiger charge is -2.40. The number of carbonyl (C=O) groups excluding carboxylic acids is 2. The van der Waals surface area contributed by atoms with Crippen molar-refractivity contribution in [2.45, 2.75) is 44.1 Å². The zero-order chi connectivity index (χ0) is 16.5. The number of likely N-dealkylation sites (tertiary alicyclic amines) is 1. The Labute approximate surface area is 144 Å². The van der Waals surface area contributed by atoms with Crippen LogP contribution in [0.3, 0.4) is 0 Å². The number of urea groups is 2. The molecule has 2 saturated heterocycles. The van der Waals surface area contributed by atoms with Crippen LogP contribution in [0.5, 0.6) is 0 Å².